The summed E-state index contributed by atoms with van der Waals surface area (Å²) in [5.41, 5.74) is 0.304. The maximum Gasteiger partial charge on any atom is 0.181 e. The molecular formula is C14H8Cl4O2. The summed E-state index contributed by atoms with van der Waals surface area (Å²) in [6.45, 7) is 0. The van der Waals surface area contributed by atoms with Gasteiger partial charge in [0, 0.05) is 10.0 Å². The van der Waals surface area contributed by atoms with Gasteiger partial charge < -0.3 is 4.74 Å². The van der Waals surface area contributed by atoms with Crippen LogP contribution >= 0.6 is 46.4 Å². The molecule has 0 aliphatic heterocycles. The predicted molar refractivity (Wildman–Crippen MR) is 83.0 cm³/mol. The van der Waals surface area contributed by atoms with Gasteiger partial charge in [-0.15, -0.1) is 11.6 Å². The average Bonchev–Trinajstić information content (AvgIpc) is 2.42. The number of Topliss-reactive ketones (excluding diaryl/α,β-unsaturated/α-hetero) is 1. The van der Waals surface area contributed by atoms with Crippen molar-refractivity contribution in [3.63, 3.8) is 0 Å². The molecule has 104 valence electrons. The van der Waals surface area contributed by atoms with Crippen LogP contribution in [0.2, 0.25) is 15.1 Å². The van der Waals surface area contributed by atoms with E-state index in [0.29, 0.717) is 32.1 Å². The van der Waals surface area contributed by atoms with Gasteiger partial charge in [-0.05, 0) is 36.4 Å². The zero-order chi connectivity index (χ0) is 14.7. The maximum absolute atomic E-state index is 11.8. The molecule has 2 aromatic carbocycles. The van der Waals surface area contributed by atoms with Crippen molar-refractivity contribution >= 4 is 52.2 Å². The zero-order valence-corrected chi connectivity index (χ0v) is 13.0. The maximum atomic E-state index is 11.8. The number of hydrogen-bond donors (Lipinski definition) is 0. The SMILES string of the molecule is O=C(CCl)c1cc(Cl)ccc1Oc1ccc(Cl)cc1Cl. The summed E-state index contributed by atoms with van der Waals surface area (Å²) < 4.78 is 5.64. The number of ketones is 1. The Bertz CT molecular complexity index is 656. The van der Waals surface area contributed by atoms with Crippen LogP contribution in [-0.4, -0.2) is 11.7 Å². The minimum atomic E-state index is -0.283. The number of ether oxygens (including phenoxy) is 1. The highest BCUT2D eigenvalue weighted by atomic mass is 35.5. The molecule has 0 N–H and O–H groups in total. The second kappa shape index (κ2) is 6.68. The Morgan fingerprint density at radius 3 is 2.15 bits per heavy atom. The van der Waals surface area contributed by atoms with E-state index in [-0.39, 0.29) is 11.7 Å². The standard InChI is InChI=1S/C14H8Cl4O2/c15-7-12(19)10-5-8(16)1-3-13(10)20-14-4-2-9(17)6-11(14)18/h1-6H,7H2. The molecule has 6 heteroatoms. The summed E-state index contributed by atoms with van der Waals surface area (Å²) in [5.74, 6) is 0.283. The van der Waals surface area contributed by atoms with Crippen LogP contribution < -0.4 is 4.74 Å². The van der Waals surface area contributed by atoms with Crippen molar-refractivity contribution in [1.82, 2.24) is 0 Å². The number of hydrogen-bond acceptors (Lipinski definition) is 2. The minimum Gasteiger partial charge on any atom is -0.455 e. The summed E-state index contributed by atoms with van der Waals surface area (Å²) in [6.07, 6.45) is 0. The first-order chi connectivity index (χ1) is 9.51. The molecule has 20 heavy (non-hydrogen) atoms. The molecule has 0 saturated carbocycles. The monoisotopic (exact) mass is 348 g/mol. The zero-order valence-electron chi connectivity index (χ0n) is 10.00. The van der Waals surface area contributed by atoms with Crippen molar-refractivity contribution in [2.45, 2.75) is 0 Å². The smallest absolute Gasteiger partial charge is 0.181 e. The molecule has 0 heterocycles. The van der Waals surface area contributed by atoms with E-state index in [1.54, 1.807) is 30.3 Å². The highest BCUT2D eigenvalue weighted by molar-refractivity contribution is 6.35. The Morgan fingerprint density at radius 1 is 0.950 bits per heavy atom. The number of halogens is 4. The van der Waals surface area contributed by atoms with Crippen molar-refractivity contribution in [3.05, 3.63) is 57.0 Å². The fraction of sp³-hybridized carbons (Fsp3) is 0.0714. The second-order valence-electron chi connectivity index (χ2n) is 3.87. The Kier molecular flexibility index (Phi) is 5.17. The Labute approximate surface area is 136 Å². The molecule has 0 atom stereocenters. The van der Waals surface area contributed by atoms with Crippen LogP contribution in [0.15, 0.2) is 36.4 Å². The van der Waals surface area contributed by atoms with Gasteiger partial charge in [0.25, 0.3) is 0 Å². The van der Waals surface area contributed by atoms with Crippen LogP contribution in [-0.2, 0) is 0 Å². The first kappa shape index (κ1) is 15.5. The number of alkyl halides is 1. The van der Waals surface area contributed by atoms with Gasteiger partial charge in [0.2, 0.25) is 0 Å². The lowest BCUT2D eigenvalue weighted by Gasteiger charge is -2.11. The molecule has 0 aliphatic carbocycles. The lowest BCUT2D eigenvalue weighted by Crippen LogP contribution is -2.03. The van der Waals surface area contributed by atoms with Gasteiger partial charge in [-0.3, -0.25) is 4.79 Å². The van der Waals surface area contributed by atoms with Crippen LogP contribution in [0.1, 0.15) is 10.4 Å². The molecule has 2 aromatic rings. The van der Waals surface area contributed by atoms with Gasteiger partial charge in [-0.2, -0.15) is 0 Å². The summed E-state index contributed by atoms with van der Waals surface area (Å²) in [5, 5.41) is 1.26. The van der Waals surface area contributed by atoms with Gasteiger partial charge in [-0.1, -0.05) is 34.8 Å². The lowest BCUT2D eigenvalue weighted by atomic mass is 10.1. The van der Waals surface area contributed by atoms with Gasteiger partial charge in [0.05, 0.1) is 16.5 Å². The van der Waals surface area contributed by atoms with Gasteiger partial charge >= 0.3 is 0 Å². The molecule has 2 rings (SSSR count). The molecule has 0 fully saturated rings. The quantitative estimate of drug-likeness (QED) is 0.510. The molecule has 0 unspecified atom stereocenters. The third-order valence-corrected chi connectivity index (χ3v) is 3.49. The van der Waals surface area contributed by atoms with Crippen molar-refractivity contribution in [3.8, 4) is 11.5 Å². The van der Waals surface area contributed by atoms with Gasteiger partial charge in [0.15, 0.2) is 5.78 Å². The van der Waals surface area contributed by atoms with E-state index in [0.717, 1.165) is 0 Å². The Hall–Kier alpha value is -0.930. The summed E-state index contributed by atoms with van der Waals surface area (Å²) in [6, 6.07) is 9.53. The number of carbonyl (C=O) groups is 1. The third kappa shape index (κ3) is 3.58. The first-order valence-electron chi connectivity index (χ1n) is 5.53. The predicted octanol–water partition coefficient (Wildman–Crippen LogP) is 5.86. The van der Waals surface area contributed by atoms with E-state index in [1.807, 2.05) is 0 Å². The molecule has 0 spiro atoms. The number of rotatable bonds is 4. The lowest BCUT2D eigenvalue weighted by molar-refractivity contribution is 0.101. The molecule has 0 aromatic heterocycles. The van der Waals surface area contributed by atoms with Gasteiger partial charge in [0.1, 0.15) is 11.5 Å². The third-order valence-electron chi connectivity index (χ3n) is 2.48. The largest absolute Gasteiger partial charge is 0.455 e. The number of benzene rings is 2. The van der Waals surface area contributed by atoms with Crippen LogP contribution in [0.4, 0.5) is 0 Å². The van der Waals surface area contributed by atoms with Crippen molar-refractivity contribution in [1.29, 1.82) is 0 Å². The van der Waals surface area contributed by atoms with Crippen LogP contribution in [0.3, 0.4) is 0 Å². The van der Waals surface area contributed by atoms with E-state index in [9.17, 15) is 4.79 Å². The fourth-order valence-corrected chi connectivity index (χ4v) is 2.32. The summed E-state index contributed by atoms with van der Waals surface area (Å²) >= 11 is 23.3. The summed E-state index contributed by atoms with van der Waals surface area (Å²) in [4.78, 5) is 11.8. The molecule has 0 bridgehead atoms. The summed E-state index contributed by atoms with van der Waals surface area (Å²) in [7, 11) is 0. The van der Waals surface area contributed by atoms with Gasteiger partial charge in [-0.25, -0.2) is 0 Å². The number of carbonyl (C=O) groups excluding carboxylic acids is 1. The Balaban J connectivity index is 2.40. The minimum absolute atomic E-state index is 0.162. The highest BCUT2D eigenvalue weighted by Gasteiger charge is 2.14. The van der Waals surface area contributed by atoms with E-state index in [4.69, 9.17) is 51.1 Å². The Morgan fingerprint density at radius 2 is 1.55 bits per heavy atom. The van der Waals surface area contributed by atoms with Crippen molar-refractivity contribution in [2.24, 2.45) is 0 Å². The van der Waals surface area contributed by atoms with Crippen molar-refractivity contribution in [2.75, 3.05) is 5.88 Å². The molecule has 0 amide bonds. The van der Waals surface area contributed by atoms with Crippen LogP contribution in [0.25, 0.3) is 0 Å². The normalized spacial score (nSPS) is 10.4. The molecule has 0 saturated heterocycles. The molecular weight excluding hydrogens is 342 g/mol. The topological polar surface area (TPSA) is 26.3 Å². The van der Waals surface area contributed by atoms with Crippen LogP contribution in [0.5, 0.6) is 11.5 Å². The molecule has 2 nitrogen and oxygen atoms in total. The highest BCUT2D eigenvalue weighted by Crippen LogP contribution is 2.34. The first-order valence-corrected chi connectivity index (χ1v) is 7.19. The van der Waals surface area contributed by atoms with E-state index < -0.39 is 0 Å². The van der Waals surface area contributed by atoms with Crippen LogP contribution in [0, 0.1) is 0 Å². The van der Waals surface area contributed by atoms with E-state index >= 15 is 0 Å². The second-order valence-corrected chi connectivity index (χ2v) is 5.42. The average molecular weight is 350 g/mol. The molecule has 0 aliphatic rings. The van der Waals surface area contributed by atoms with Crippen molar-refractivity contribution < 1.29 is 9.53 Å². The van der Waals surface area contributed by atoms with E-state index in [1.165, 1.54) is 6.07 Å². The van der Waals surface area contributed by atoms with E-state index in [2.05, 4.69) is 0 Å². The fourth-order valence-electron chi connectivity index (χ4n) is 1.56. The molecule has 0 radical (unpaired) electrons.